The molecular formula is C16H17ClN4O2. The van der Waals surface area contributed by atoms with Crippen molar-refractivity contribution in [2.45, 2.75) is 0 Å². The van der Waals surface area contributed by atoms with Crippen LogP contribution in [-0.2, 0) is 4.79 Å². The molecule has 0 saturated carbocycles. The molecule has 0 aliphatic carbocycles. The molecule has 1 aromatic heterocycles. The Morgan fingerprint density at radius 3 is 2.70 bits per heavy atom. The molecule has 7 heteroatoms. The Bertz CT molecular complexity index is 660. The topological polar surface area (TPSA) is 58.6 Å². The summed E-state index contributed by atoms with van der Waals surface area (Å²) in [6, 6.07) is 10.8. The number of carbonyl (C=O) groups is 1. The fourth-order valence-corrected chi connectivity index (χ4v) is 2.62. The van der Waals surface area contributed by atoms with E-state index in [0.717, 1.165) is 18.9 Å². The van der Waals surface area contributed by atoms with Gasteiger partial charge in [-0.15, -0.1) is 5.10 Å². The summed E-state index contributed by atoms with van der Waals surface area (Å²) < 4.78 is 5.50. The lowest BCUT2D eigenvalue weighted by Crippen LogP contribution is -2.50. The molecule has 2 aromatic rings. The van der Waals surface area contributed by atoms with Crippen molar-refractivity contribution in [3.05, 3.63) is 47.6 Å². The van der Waals surface area contributed by atoms with Gasteiger partial charge in [0, 0.05) is 37.4 Å². The van der Waals surface area contributed by atoms with Crippen LogP contribution in [0.4, 0.5) is 5.82 Å². The minimum atomic E-state index is -0.0243. The Morgan fingerprint density at radius 1 is 1.17 bits per heavy atom. The highest BCUT2D eigenvalue weighted by Crippen LogP contribution is 2.17. The molecule has 0 unspecified atom stereocenters. The van der Waals surface area contributed by atoms with Gasteiger partial charge in [-0.3, -0.25) is 4.79 Å². The second-order valence-electron chi connectivity index (χ2n) is 5.20. The molecular weight excluding hydrogens is 316 g/mol. The van der Waals surface area contributed by atoms with Gasteiger partial charge in [0.15, 0.2) is 12.4 Å². The second kappa shape index (κ2) is 7.28. The van der Waals surface area contributed by atoms with Crippen LogP contribution in [0.3, 0.4) is 0 Å². The first-order valence-electron chi connectivity index (χ1n) is 7.41. The molecule has 0 atom stereocenters. The summed E-state index contributed by atoms with van der Waals surface area (Å²) in [6.07, 6.45) is 1.65. The van der Waals surface area contributed by atoms with Gasteiger partial charge in [-0.1, -0.05) is 17.7 Å². The third kappa shape index (κ3) is 4.10. The second-order valence-corrected chi connectivity index (χ2v) is 5.63. The van der Waals surface area contributed by atoms with Crippen molar-refractivity contribution in [2.75, 3.05) is 37.7 Å². The SMILES string of the molecule is O=C(COc1cccc(Cl)c1)N1CCN(c2cccnn2)CC1. The molecule has 120 valence electrons. The first kappa shape index (κ1) is 15.6. The Balaban J connectivity index is 1.48. The predicted molar refractivity (Wildman–Crippen MR) is 87.8 cm³/mol. The van der Waals surface area contributed by atoms with Crippen LogP contribution in [0.2, 0.25) is 5.02 Å². The third-order valence-electron chi connectivity index (χ3n) is 3.67. The number of amides is 1. The number of piperazine rings is 1. The number of hydrogen-bond acceptors (Lipinski definition) is 5. The van der Waals surface area contributed by atoms with Crippen molar-refractivity contribution in [1.82, 2.24) is 15.1 Å². The number of rotatable bonds is 4. The lowest BCUT2D eigenvalue weighted by molar-refractivity contribution is -0.133. The molecule has 1 aliphatic heterocycles. The van der Waals surface area contributed by atoms with E-state index < -0.39 is 0 Å². The lowest BCUT2D eigenvalue weighted by Gasteiger charge is -2.35. The van der Waals surface area contributed by atoms with Crippen LogP contribution in [0.15, 0.2) is 42.6 Å². The zero-order valence-electron chi connectivity index (χ0n) is 12.6. The molecule has 3 rings (SSSR count). The molecule has 1 saturated heterocycles. The first-order valence-corrected chi connectivity index (χ1v) is 7.79. The van der Waals surface area contributed by atoms with Crippen molar-refractivity contribution in [3.63, 3.8) is 0 Å². The van der Waals surface area contributed by atoms with E-state index in [2.05, 4.69) is 15.1 Å². The van der Waals surface area contributed by atoms with Crippen LogP contribution in [0.25, 0.3) is 0 Å². The van der Waals surface area contributed by atoms with Crippen LogP contribution in [0.1, 0.15) is 0 Å². The number of carbonyl (C=O) groups excluding carboxylic acids is 1. The van der Waals surface area contributed by atoms with Crippen LogP contribution in [-0.4, -0.2) is 53.8 Å². The summed E-state index contributed by atoms with van der Waals surface area (Å²) in [5.74, 6) is 1.42. The molecule has 23 heavy (non-hydrogen) atoms. The van der Waals surface area contributed by atoms with Gasteiger partial charge in [0.1, 0.15) is 5.75 Å². The van der Waals surface area contributed by atoms with E-state index in [-0.39, 0.29) is 12.5 Å². The van der Waals surface area contributed by atoms with E-state index in [9.17, 15) is 4.79 Å². The van der Waals surface area contributed by atoms with Crippen LogP contribution in [0.5, 0.6) is 5.75 Å². The predicted octanol–water partition coefficient (Wildman–Crippen LogP) is 1.86. The van der Waals surface area contributed by atoms with Gasteiger partial charge in [0.05, 0.1) is 0 Å². The average molecular weight is 333 g/mol. The highest BCUT2D eigenvalue weighted by Gasteiger charge is 2.22. The zero-order valence-corrected chi connectivity index (χ0v) is 13.3. The quantitative estimate of drug-likeness (QED) is 0.855. The fourth-order valence-electron chi connectivity index (χ4n) is 2.44. The number of hydrogen-bond donors (Lipinski definition) is 0. The lowest BCUT2D eigenvalue weighted by atomic mass is 10.3. The van der Waals surface area contributed by atoms with E-state index in [4.69, 9.17) is 16.3 Å². The van der Waals surface area contributed by atoms with Gasteiger partial charge in [-0.2, -0.15) is 5.10 Å². The summed E-state index contributed by atoms with van der Waals surface area (Å²) in [7, 11) is 0. The summed E-state index contributed by atoms with van der Waals surface area (Å²) in [5, 5.41) is 8.56. The smallest absolute Gasteiger partial charge is 0.260 e. The number of anilines is 1. The molecule has 1 fully saturated rings. The number of nitrogens with zero attached hydrogens (tertiary/aromatic N) is 4. The minimum absolute atomic E-state index is 0.0193. The maximum atomic E-state index is 12.2. The van der Waals surface area contributed by atoms with Gasteiger partial charge in [-0.25, -0.2) is 0 Å². The van der Waals surface area contributed by atoms with Crippen molar-refractivity contribution in [3.8, 4) is 5.75 Å². The van der Waals surface area contributed by atoms with Gasteiger partial charge in [0.2, 0.25) is 0 Å². The molecule has 6 nitrogen and oxygen atoms in total. The highest BCUT2D eigenvalue weighted by atomic mass is 35.5. The molecule has 2 heterocycles. The van der Waals surface area contributed by atoms with E-state index in [1.807, 2.05) is 12.1 Å². The monoisotopic (exact) mass is 332 g/mol. The maximum absolute atomic E-state index is 12.2. The Labute approximate surface area is 139 Å². The summed E-state index contributed by atoms with van der Waals surface area (Å²) in [5.41, 5.74) is 0. The Kier molecular flexibility index (Phi) is 4.92. The Hall–Kier alpha value is -2.34. The van der Waals surface area contributed by atoms with Gasteiger partial charge in [-0.05, 0) is 30.3 Å². The molecule has 0 bridgehead atoms. The number of aromatic nitrogens is 2. The average Bonchev–Trinajstić information content (AvgIpc) is 2.61. The zero-order chi connectivity index (χ0) is 16.1. The first-order chi connectivity index (χ1) is 11.2. The number of ether oxygens (including phenoxy) is 1. The van der Waals surface area contributed by atoms with Crippen LogP contribution in [0, 0.1) is 0 Å². The van der Waals surface area contributed by atoms with Crippen LogP contribution < -0.4 is 9.64 Å². The molecule has 1 aromatic carbocycles. The van der Waals surface area contributed by atoms with Crippen LogP contribution >= 0.6 is 11.6 Å². The maximum Gasteiger partial charge on any atom is 0.260 e. The van der Waals surface area contributed by atoms with Gasteiger partial charge < -0.3 is 14.5 Å². The minimum Gasteiger partial charge on any atom is -0.484 e. The summed E-state index contributed by atoms with van der Waals surface area (Å²) in [6.45, 7) is 2.79. The number of benzene rings is 1. The largest absolute Gasteiger partial charge is 0.484 e. The van der Waals surface area contributed by atoms with E-state index in [0.29, 0.717) is 23.9 Å². The van der Waals surface area contributed by atoms with E-state index in [1.54, 1.807) is 35.4 Å². The van der Waals surface area contributed by atoms with Gasteiger partial charge in [0.25, 0.3) is 5.91 Å². The highest BCUT2D eigenvalue weighted by molar-refractivity contribution is 6.30. The number of halogens is 1. The molecule has 0 radical (unpaired) electrons. The van der Waals surface area contributed by atoms with Gasteiger partial charge >= 0.3 is 0 Å². The fraction of sp³-hybridized carbons (Fsp3) is 0.312. The standard InChI is InChI=1S/C16H17ClN4O2/c17-13-3-1-4-14(11-13)23-12-16(22)21-9-7-20(8-10-21)15-5-2-6-18-19-15/h1-6,11H,7-10,12H2. The van der Waals surface area contributed by atoms with Crippen molar-refractivity contribution >= 4 is 23.3 Å². The van der Waals surface area contributed by atoms with E-state index >= 15 is 0 Å². The summed E-state index contributed by atoms with van der Waals surface area (Å²) >= 11 is 5.89. The van der Waals surface area contributed by atoms with Crippen molar-refractivity contribution in [1.29, 1.82) is 0 Å². The van der Waals surface area contributed by atoms with E-state index in [1.165, 1.54) is 0 Å². The van der Waals surface area contributed by atoms with Crippen molar-refractivity contribution < 1.29 is 9.53 Å². The normalized spacial score (nSPS) is 14.7. The summed E-state index contributed by atoms with van der Waals surface area (Å²) in [4.78, 5) is 16.1. The van der Waals surface area contributed by atoms with Crippen molar-refractivity contribution in [2.24, 2.45) is 0 Å². The molecule has 0 N–H and O–H groups in total. The third-order valence-corrected chi connectivity index (χ3v) is 3.91. The Morgan fingerprint density at radius 2 is 2.00 bits per heavy atom. The molecule has 1 amide bonds. The molecule has 0 spiro atoms. The molecule has 1 aliphatic rings.